The molecule has 5 rings (SSSR count). The van der Waals surface area contributed by atoms with Crippen molar-refractivity contribution in [3.05, 3.63) is 75.3 Å². The van der Waals surface area contributed by atoms with E-state index < -0.39 is 0 Å². The minimum atomic E-state index is -0.341. The third-order valence-corrected chi connectivity index (χ3v) is 6.68. The van der Waals surface area contributed by atoms with Crippen LogP contribution in [-0.4, -0.2) is 32.7 Å². The molecular weight excluding hydrogens is 463 g/mol. The van der Waals surface area contributed by atoms with E-state index in [9.17, 15) is 4.79 Å². The van der Waals surface area contributed by atoms with Gasteiger partial charge in [0.15, 0.2) is 0 Å². The summed E-state index contributed by atoms with van der Waals surface area (Å²) in [7, 11) is 0. The number of rotatable bonds is 4. The van der Waals surface area contributed by atoms with Crippen molar-refractivity contribution in [3.8, 4) is 22.7 Å². The first-order valence-corrected chi connectivity index (χ1v) is 11.3. The van der Waals surface area contributed by atoms with Gasteiger partial charge in [0.1, 0.15) is 23.1 Å². The summed E-state index contributed by atoms with van der Waals surface area (Å²) in [5, 5.41) is 13.7. The van der Waals surface area contributed by atoms with E-state index in [1.165, 1.54) is 0 Å². The van der Waals surface area contributed by atoms with E-state index in [1.807, 2.05) is 43.3 Å². The standard InChI is InChI=1S/C24H20Cl2N4O3/c1-13-15(8-5-10-17(13)25)22-27-28-23(32-22)19-11-6-12-30(19)24(31)20-14(2)33-29-21(20)16-7-3-4-9-18(16)26/h3-5,7-10,19H,6,11-12H2,1-2H3. The number of carbonyl (C=O) groups is 1. The van der Waals surface area contributed by atoms with E-state index in [2.05, 4.69) is 15.4 Å². The summed E-state index contributed by atoms with van der Waals surface area (Å²) in [6.45, 7) is 4.18. The van der Waals surface area contributed by atoms with Gasteiger partial charge in [0.05, 0.1) is 5.02 Å². The Hall–Kier alpha value is -3.16. The number of nitrogens with zero attached hydrogens (tertiary/aromatic N) is 4. The van der Waals surface area contributed by atoms with Crippen LogP contribution in [0.25, 0.3) is 22.7 Å². The number of likely N-dealkylation sites (tertiary alicyclic amines) is 1. The highest BCUT2D eigenvalue weighted by Crippen LogP contribution is 2.38. The van der Waals surface area contributed by atoms with Crippen molar-refractivity contribution < 1.29 is 13.7 Å². The zero-order valence-corrected chi connectivity index (χ0v) is 19.5. The third kappa shape index (κ3) is 3.81. The molecule has 3 heterocycles. The summed E-state index contributed by atoms with van der Waals surface area (Å²) in [6, 6.07) is 12.4. The largest absolute Gasteiger partial charge is 0.418 e. The van der Waals surface area contributed by atoms with Gasteiger partial charge < -0.3 is 13.8 Å². The average Bonchev–Trinajstić information content (AvgIpc) is 3.55. The fourth-order valence-corrected chi connectivity index (χ4v) is 4.59. The molecule has 33 heavy (non-hydrogen) atoms. The zero-order chi connectivity index (χ0) is 23.1. The monoisotopic (exact) mass is 482 g/mol. The second kappa shape index (κ2) is 8.65. The maximum Gasteiger partial charge on any atom is 0.260 e. The topological polar surface area (TPSA) is 85.3 Å². The SMILES string of the molecule is Cc1onc(-c2ccccc2Cl)c1C(=O)N1CCCC1c1nnc(-c2cccc(Cl)c2C)o1. The van der Waals surface area contributed by atoms with Crippen LogP contribution in [0.4, 0.5) is 0 Å². The van der Waals surface area contributed by atoms with Crippen molar-refractivity contribution in [2.75, 3.05) is 6.54 Å². The van der Waals surface area contributed by atoms with Crippen LogP contribution in [0, 0.1) is 13.8 Å². The Labute approximate surface area is 200 Å². The molecule has 168 valence electrons. The fraction of sp³-hybridized carbons (Fsp3) is 0.250. The minimum absolute atomic E-state index is 0.204. The first kappa shape index (κ1) is 21.7. The van der Waals surface area contributed by atoms with E-state index in [0.29, 0.717) is 57.4 Å². The predicted octanol–water partition coefficient (Wildman–Crippen LogP) is 6.29. The highest BCUT2D eigenvalue weighted by molar-refractivity contribution is 6.33. The molecule has 0 spiro atoms. The Morgan fingerprint density at radius 1 is 1.03 bits per heavy atom. The van der Waals surface area contributed by atoms with Crippen molar-refractivity contribution in [2.45, 2.75) is 32.7 Å². The number of amides is 1. The minimum Gasteiger partial charge on any atom is -0.418 e. The lowest BCUT2D eigenvalue weighted by atomic mass is 10.0. The molecule has 1 aliphatic heterocycles. The van der Waals surface area contributed by atoms with Crippen LogP contribution < -0.4 is 0 Å². The summed E-state index contributed by atoms with van der Waals surface area (Å²) in [5.74, 6) is 0.997. The summed E-state index contributed by atoms with van der Waals surface area (Å²) < 4.78 is 11.4. The van der Waals surface area contributed by atoms with Gasteiger partial charge in [-0.15, -0.1) is 10.2 Å². The average molecular weight is 483 g/mol. The van der Waals surface area contributed by atoms with Crippen LogP contribution in [0.3, 0.4) is 0 Å². The summed E-state index contributed by atoms with van der Waals surface area (Å²) in [6.07, 6.45) is 1.53. The second-order valence-corrected chi connectivity index (χ2v) is 8.77. The Kier molecular flexibility index (Phi) is 5.68. The van der Waals surface area contributed by atoms with Gasteiger partial charge in [-0.25, -0.2) is 0 Å². The summed E-state index contributed by atoms with van der Waals surface area (Å²) >= 11 is 12.6. The molecule has 2 aromatic carbocycles. The van der Waals surface area contributed by atoms with Gasteiger partial charge in [-0.1, -0.05) is 52.6 Å². The number of halogens is 2. The molecule has 1 fully saturated rings. The van der Waals surface area contributed by atoms with E-state index >= 15 is 0 Å². The summed E-state index contributed by atoms with van der Waals surface area (Å²) in [4.78, 5) is 15.4. The van der Waals surface area contributed by atoms with Crippen LogP contribution in [0.2, 0.25) is 10.0 Å². The number of hydrogen-bond acceptors (Lipinski definition) is 6. The highest BCUT2D eigenvalue weighted by atomic mass is 35.5. The lowest BCUT2D eigenvalue weighted by Crippen LogP contribution is -2.31. The quantitative estimate of drug-likeness (QED) is 0.339. The van der Waals surface area contributed by atoms with Gasteiger partial charge >= 0.3 is 0 Å². The molecule has 0 aliphatic carbocycles. The fourth-order valence-electron chi connectivity index (χ4n) is 4.19. The van der Waals surface area contributed by atoms with Crippen LogP contribution >= 0.6 is 23.2 Å². The first-order chi connectivity index (χ1) is 16.0. The molecule has 0 saturated carbocycles. The number of benzene rings is 2. The number of hydrogen-bond donors (Lipinski definition) is 0. The van der Waals surface area contributed by atoms with Crippen molar-refractivity contribution in [1.82, 2.24) is 20.3 Å². The van der Waals surface area contributed by atoms with E-state index in [4.69, 9.17) is 32.1 Å². The Bertz CT molecular complexity index is 1350. The molecule has 0 bridgehead atoms. The molecule has 0 radical (unpaired) electrons. The molecule has 9 heteroatoms. The van der Waals surface area contributed by atoms with Crippen LogP contribution in [0.5, 0.6) is 0 Å². The maximum absolute atomic E-state index is 13.7. The first-order valence-electron chi connectivity index (χ1n) is 10.6. The Balaban J connectivity index is 1.48. The molecule has 1 amide bonds. The number of aryl methyl sites for hydroxylation is 1. The number of aromatic nitrogens is 3. The van der Waals surface area contributed by atoms with Crippen molar-refractivity contribution >= 4 is 29.1 Å². The van der Waals surface area contributed by atoms with Gasteiger partial charge in [-0.2, -0.15) is 0 Å². The molecule has 2 aromatic heterocycles. The Morgan fingerprint density at radius 2 is 1.79 bits per heavy atom. The molecule has 1 unspecified atom stereocenters. The smallest absolute Gasteiger partial charge is 0.260 e. The molecular formula is C24H20Cl2N4O3. The Morgan fingerprint density at radius 3 is 2.61 bits per heavy atom. The molecule has 7 nitrogen and oxygen atoms in total. The van der Waals surface area contributed by atoms with Gasteiger partial charge in [0.2, 0.25) is 11.8 Å². The molecule has 4 aromatic rings. The lowest BCUT2D eigenvalue weighted by molar-refractivity contribution is 0.0715. The predicted molar refractivity (Wildman–Crippen MR) is 124 cm³/mol. The molecule has 1 atom stereocenters. The van der Waals surface area contributed by atoms with Crippen molar-refractivity contribution in [3.63, 3.8) is 0 Å². The second-order valence-electron chi connectivity index (χ2n) is 7.96. The molecule has 0 N–H and O–H groups in total. The lowest BCUT2D eigenvalue weighted by Gasteiger charge is -2.22. The van der Waals surface area contributed by atoms with Gasteiger partial charge in [0.25, 0.3) is 5.91 Å². The van der Waals surface area contributed by atoms with E-state index in [0.717, 1.165) is 17.5 Å². The summed E-state index contributed by atoms with van der Waals surface area (Å²) in [5.41, 5.74) is 3.09. The highest BCUT2D eigenvalue weighted by Gasteiger charge is 2.37. The number of carbonyl (C=O) groups excluding carboxylic acids is 1. The maximum atomic E-state index is 13.7. The van der Waals surface area contributed by atoms with Crippen LogP contribution in [0.1, 0.15) is 46.5 Å². The molecule has 1 saturated heterocycles. The third-order valence-electron chi connectivity index (χ3n) is 5.94. The van der Waals surface area contributed by atoms with Crippen molar-refractivity contribution in [2.24, 2.45) is 0 Å². The zero-order valence-electron chi connectivity index (χ0n) is 18.0. The normalized spacial score (nSPS) is 15.9. The van der Waals surface area contributed by atoms with E-state index in [1.54, 1.807) is 17.9 Å². The van der Waals surface area contributed by atoms with Crippen LogP contribution in [-0.2, 0) is 0 Å². The van der Waals surface area contributed by atoms with Gasteiger partial charge in [-0.05, 0) is 50.5 Å². The van der Waals surface area contributed by atoms with Gasteiger partial charge in [-0.3, -0.25) is 4.79 Å². The van der Waals surface area contributed by atoms with Crippen molar-refractivity contribution in [1.29, 1.82) is 0 Å². The molecule has 1 aliphatic rings. The van der Waals surface area contributed by atoms with Crippen LogP contribution in [0.15, 0.2) is 51.4 Å². The van der Waals surface area contributed by atoms with E-state index in [-0.39, 0.29) is 11.9 Å². The van der Waals surface area contributed by atoms with Gasteiger partial charge in [0, 0.05) is 22.7 Å².